The predicted molar refractivity (Wildman–Crippen MR) is 59.7 cm³/mol. The van der Waals surface area contributed by atoms with Crippen molar-refractivity contribution in [2.45, 2.75) is 19.4 Å². The fraction of sp³-hybridized carbons (Fsp3) is 0.333. The molecule has 1 aromatic rings. The third-order valence-electron chi connectivity index (χ3n) is 2.25. The van der Waals surface area contributed by atoms with Crippen LogP contribution in [0.5, 0.6) is 0 Å². The second-order valence-corrected chi connectivity index (χ2v) is 3.82. The van der Waals surface area contributed by atoms with E-state index in [2.05, 4.69) is 5.32 Å². The van der Waals surface area contributed by atoms with Crippen LogP contribution in [0.2, 0.25) is 0 Å². The van der Waals surface area contributed by atoms with E-state index in [1.807, 2.05) is 0 Å². The zero-order valence-corrected chi connectivity index (χ0v) is 9.70. The summed E-state index contributed by atoms with van der Waals surface area (Å²) >= 11 is 0. The highest BCUT2D eigenvalue weighted by Gasteiger charge is 2.18. The summed E-state index contributed by atoms with van der Waals surface area (Å²) in [6.45, 7) is 1.64. The molecule has 0 fully saturated rings. The lowest BCUT2D eigenvalue weighted by Gasteiger charge is -2.08. The molecule has 0 aromatic heterocycles. The predicted octanol–water partition coefficient (Wildman–Crippen LogP) is 1.34. The lowest BCUT2D eigenvalue weighted by atomic mass is 10.1. The fourth-order valence-electron chi connectivity index (χ4n) is 1.34. The minimum absolute atomic E-state index is 0.107. The Labute approximate surface area is 103 Å². The van der Waals surface area contributed by atoms with Crippen molar-refractivity contribution in [3.63, 3.8) is 0 Å². The van der Waals surface area contributed by atoms with Gasteiger partial charge in [-0.2, -0.15) is 5.26 Å². The Kier molecular flexibility index (Phi) is 4.75. The summed E-state index contributed by atoms with van der Waals surface area (Å²) < 4.78 is 26.9. The number of carbonyl (C=O) groups excluding carboxylic acids is 1. The van der Waals surface area contributed by atoms with E-state index in [0.717, 1.165) is 12.1 Å². The van der Waals surface area contributed by atoms with E-state index in [1.54, 1.807) is 6.07 Å². The monoisotopic (exact) mass is 254 g/mol. The van der Waals surface area contributed by atoms with Crippen LogP contribution < -0.4 is 5.32 Å². The van der Waals surface area contributed by atoms with Gasteiger partial charge in [-0.05, 0) is 25.5 Å². The first kappa shape index (κ1) is 14.1. The molecule has 4 nitrogen and oxygen atoms in total. The van der Waals surface area contributed by atoms with Crippen LogP contribution in [0.25, 0.3) is 0 Å². The van der Waals surface area contributed by atoms with Gasteiger partial charge in [0.25, 0.3) is 5.91 Å². The lowest BCUT2D eigenvalue weighted by molar-refractivity contribution is 0.0937. The van der Waals surface area contributed by atoms with Crippen molar-refractivity contribution >= 4 is 5.91 Å². The zero-order valence-electron chi connectivity index (χ0n) is 9.70. The maximum absolute atomic E-state index is 13.4. The van der Waals surface area contributed by atoms with Crippen molar-refractivity contribution in [2.24, 2.45) is 0 Å². The Morgan fingerprint density at radius 2 is 2.06 bits per heavy atom. The number of aliphatic hydroxyl groups excluding tert-OH is 1. The maximum atomic E-state index is 13.4. The van der Waals surface area contributed by atoms with Gasteiger partial charge in [-0.25, -0.2) is 8.78 Å². The topological polar surface area (TPSA) is 73.1 Å². The zero-order chi connectivity index (χ0) is 13.7. The van der Waals surface area contributed by atoms with Crippen molar-refractivity contribution < 1.29 is 18.7 Å². The second kappa shape index (κ2) is 6.07. The van der Waals surface area contributed by atoms with Gasteiger partial charge in [-0.3, -0.25) is 4.79 Å². The number of halogens is 2. The molecular formula is C12H12F2N2O2. The van der Waals surface area contributed by atoms with Crippen molar-refractivity contribution in [3.8, 4) is 6.07 Å². The molecule has 0 aliphatic rings. The van der Waals surface area contributed by atoms with Gasteiger partial charge < -0.3 is 10.4 Å². The SMILES string of the molecule is CC(O)CCNC(=O)c1c(F)cc(C#N)cc1F. The molecule has 0 aliphatic carbocycles. The molecule has 96 valence electrons. The Balaban J connectivity index is 2.84. The number of amides is 1. The maximum Gasteiger partial charge on any atom is 0.257 e. The van der Waals surface area contributed by atoms with E-state index < -0.39 is 29.2 Å². The van der Waals surface area contributed by atoms with Crippen LogP contribution in [0.4, 0.5) is 8.78 Å². The molecule has 0 saturated carbocycles. The smallest absolute Gasteiger partial charge is 0.257 e. The molecule has 6 heteroatoms. The lowest BCUT2D eigenvalue weighted by Crippen LogP contribution is -2.28. The number of hydrogen-bond acceptors (Lipinski definition) is 3. The van der Waals surface area contributed by atoms with E-state index >= 15 is 0 Å². The quantitative estimate of drug-likeness (QED) is 0.851. The molecule has 0 heterocycles. The molecule has 0 saturated heterocycles. The first-order valence-electron chi connectivity index (χ1n) is 5.31. The minimum atomic E-state index is -1.08. The normalized spacial score (nSPS) is 11.7. The average Bonchev–Trinajstić information content (AvgIpc) is 2.27. The highest BCUT2D eigenvalue weighted by atomic mass is 19.1. The summed E-state index contributed by atoms with van der Waals surface area (Å²) in [7, 11) is 0. The number of hydrogen-bond donors (Lipinski definition) is 2. The number of aliphatic hydroxyl groups is 1. The summed E-state index contributed by atoms with van der Waals surface area (Å²) in [5.41, 5.74) is -0.912. The molecule has 0 spiro atoms. The molecule has 0 radical (unpaired) electrons. The van der Waals surface area contributed by atoms with Crippen LogP contribution in [-0.4, -0.2) is 23.7 Å². The van der Waals surface area contributed by atoms with Gasteiger partial charge in [0.1, 0.15) is 17.2 Å². The molecule has 1 unspecified atom stereocenters. The third-order valence-corrected chi connectivity index (χ3v) is 2.25. The summed E-state index contributed by atoms with van der Waals surface area (Å²) in [5, 5.41) is 19.8. The second-order valence-electron chi connectivity index (χ2n) is 3.82. The summed E-state index contributed by atoms with van der Waals surface area (Å²) in [4.78, 5) is 11.5. The molecule has 18 heavy (non-hydrogen) atoms. The van der Waals surface area contributed by atoms with Crippen LogP contribution in [0.3, 0.4) is 0 Å². The number of nitriles is 1. The first-order chi connectivity index (χ1) is 8.45. The molecule has 1 atom stereocenters. The Hall–Kier alpha value is -2.00. The summed E-state index contributed by atoms with van der Waals surface area (Å²) in [6.07, 6.45) is -0.327. The van der Waals surface area contributed by atoms with Crippen molar-refractivity contribution in [3.05, 3.63) is 34.9 Å². The van der Waals surface area contributed by atoms with Crippen LogP contribution in [0, 0.1) is 23.0 Å². The fourth-order valence-corrected chi connectivity index (χ4v) is 1.34. The van der Waals surface area contributed by atoms with Crippen LogP contribution in [-0.2, 0) is 0 Å². The van der Waals surface area contributed by atoms with Crippen LogP contribution >= 0.6 is 0 Å². The van der Waals surface area contributed by atoms with E-state index in [0.29, 0.717) is 0 Å². The number of carbonyl (C=O) groups is 1. The molecule has 1 aromatic carbocycles. The molecule has 0 aliphatic heterocycles. The number of nitrogens with zero attached hydrogens (tertiary/aromatic N) is 1. The third kappa shape index (κ3) is 3.50. The molecular weight excluding hydrogens is 242 g/mol. The van der Waals surface area contributed by atoms with Crippen LogP contribution in [0.15, 0.2) is 12.1 Å². The van der Waals surface area contributed by atoms with E-state index in [9.17, 15) is 13.6 Å². The molecule has 1 amide bonds. The number of benzene rings is 1. The highest BCUT2D eigenvalue weighted by Crippen LogP contribution is 2.15. The van der Waals surface area contributed by atoms with Gasteiger partial charge in [0.15, 0.2) is 0 Å². The van der Waals surface area contributed by atoms with Gasteiger partial charge in [0, 0.05) is 6.54 Å². The highest BCUT2D eigenvalue weighted by molar-refractivity contribution is 5.94. The van der Waals surface area contributed by atoms with Gasteiger partial charge >= 0.3 is 0 Å². The van der Waals surface area contributed by atoms with Gasteiger partial charge in [-0.15, -0.1) is 0 Å². The molecule has 1 rings (SSSR count). The Morgan fingerprint density at radius 3 is 2.50 bits per heavy atom. The average molecular weight is 254 g/mol. The van der Waals surface area contributed by atoms with Crippen molar-refractivity contribution in [1.82, 2.24) is 5.32 Å². The number of rotatable bonds is 4. The summed E-state index contributed by atoms with van der Waals surface area (Å²) in [6, 6.07) is 3.18. The Morgan fingerprint density at radius 1 is 1.50 bits per heavy atom. The van der Waals surface area contributed by atoms with Gasteiger partial charge in [-0.1, -0.05) is 0 Å². The number of nitrogens with one attached hydrogen (secondary N) is 1. The Bertz CT molecular complexity index is 472. The van der Waals surface area contributed by atoms with E-state index in [-0.39, 0.29) is 18.5 Å². The van der Waals surface area contributed by atoms with Gasteiger partial charge in [0.05, 0.1) is 17.7 Å². The first-order valence-corrected chi connectivity index (χ1v) is 5.31. The standard InChI is InChI=1S/C12H12F2N2O2/c1-7(17)2-3-16-12(18)11-9(13)4-8(6-15)5-10(11)14/h4-5,7,17H,2-3H2,1H3,(H,16,18). The van der Waals surface area contributed by atoms with Crippen LogP contribution in [0.1, 0.15) is 29.3 Å². The largest absolute Gasteiger partial charge is 0.393 e. The van der Waals surface area contributed by atoms with Gasteiger partial charge in [0.2, 0.25) is 0 Å². The molecule has 2 N–H and O–H groups in total. The van der Waals surface area contributed by atoms with Crippen molar-refractivity contribution in [1.29, 1.82) is 5.26 Å². The van der Waals surface area contributed by atoms with Crippen molar-refractivity contribution in [2.75, 3.05) is 6.54 Å². The minimum Gasteiger partial charge on any atom is -0.393 e. The molecule has 0 bridgehead atoms. The summed E-state index contributed by atoms with van der Waals surface area (Å²) in [5.74, 6) is -3.07. The van der Waals surface area contributed by atoms with E-state index in [4.69, 9.17) is 10.4 Å². The van der Waals surface area contributed by atoms with E-state index in [1.165, 1.54) is 6.92 Å².